The minimum absolute atomic E-state index is 0.909. The molecular weight excluding hydrogens is 264 g/mol. The van der Waals surface area contributed by atoms with E-state index in [2.05, 4.69) is 31.7 Å². The highest BCUT2D eigenvalue weighted by molar-refractivity contribution is 4.94. The standard InChI is InChI=1S/C22H40/c1-3-5-7-9-11-13-15-18-22-20-16-19-21(22)17-14-12-10-8-6-4-2/h3,14,17,21-22H,1,4-13,15-16,18-20H2,2H3/b17-14+/t21-,22-/m0/s1. The summed E-state index contributed by atoms with van der Waals surface area (Å²) >= 11 is 0. The second-order valence-corrected chi connectivity index (χ2v) is 7.27. The third-order valence-corrected chi connectivity index (χ3v) is 5.31. The Bertz CT molecular complexity index is 276. The number of allylic oxidation sites excluding steroid dienone is 3. The molecule has 128 valence electrons. The first-order valence-electron chi connectivity index (χ1n) is 10.2. The minimum Gasteiger partial charge on any atom is -0.103 e. The maximum atomic E-state index is 3.79. The third kappa shape index (κ3) is 9.49. The van der Waals surface area contributed by atoms with E-state index in [0.29, 0.717) is 0 Å². The first-order valence-corrected chi connectivity index (χ1v) is 10.2. The smallest absolute Gasteiger partial charge is 0.0205 e. The Hall–Kier alpha value is -0.520. The first kappa shape index (κ1) is 19.5. The van der Waals surface area contributed by atoms with Crippen molar-refractivity contribution in [2.45, 2.75) is 103 Å². The summed E-state index contributed by atoms with van der Waals surface area (Å²) in [6.07, 6.45) is 28.2. The highest BCUT2D eigenvalue weighted by Crippen LogP contribution is 2.36. The van der Waals surface area contributed by atoms with Crippen LogP contribution in [0.25, 0.3) is 0 Å². The molecule has 0 radical (unpaired) electrons. The summed E-state index contributed by atoms with van der Waals surface area (Å²) in [5.41, 5.74) is 0. The van der Waals surface area contributed by atoms with E-state index in [4.69, 9.17) is 0 Å². The van der Waals surface area contributed by atoms with E-state index in [9.17, 15) is 0 Å². The normalized spacial score (nSPS) is 21.7. The summed E-state index contributed by atoms with van der Waals surface area (Å²) in [6.45, 7) is 6.08. The zero-order chi connectivity index (χ0) is 15.9. The zero-order valence-electron chi connectivity index (χ0n) is 15.2. The lowest BCUT2D eigenvalue weighted by Crippen LogP contribution is -2.05. The van der Waals surface area contributed by atoms with Crippen LogP contribution < -0.4 is 0 Å². The summed E-state index contributed by atoms with van der Waals surface area (Å²) in [5.74, 6) is 1.91. The number of rotatable bonds is 14. The van der Waals surface area contributed by atoms with Crippen LogP contribution in [0.3, 0.4) is 0 Å². The summed E-state index contributed by atoms with van der Waals surface area (Å²) < 4.78 is 0. The SMILES string of the molecule is C=CCCCCCCC[C@H]1CCC[C@@H]1/C=C/CCCCCC. The van der Waals surface area contributed by atoms with Gasteiger partial charge in [0.05, 0.1) is 0 Å². The van der Waals surface area contributed by atoms with Gasteiger partial charge in [0.1, 0.15) is 0 Å². The van der Waals surface area contributed by atoms with Crippen molar-refractivity contribution < 1.29 is 0 Å². The van der Waals surface area contributed by atoms with Gasteiger partial charge in [0, 0.05) is 0 Å². The van der Waals surface area contributed by atoms with Gasteiger partial charge in [-0.1, -0.05) is 76.5 Å². The van der Waals surface area contributed by atoms with Gasteiger partial charge < -0.3 is 0 Å². The molecule has 0 aromatic rings. The van der Waals surface area contributed by atoms with Crippen LogP contribution >= 0.6 is 0 Å². The number of hydrogen-bond acceptors (Lipinski definition) is 0. The van der Waals surface area contributed by atoms with E-state index >= 15 is 0 Å². The second-order valence-electron chi connectivity index (χ2n) is 7.27. The molecule has 0 aromatic heterocycles. The van der Waals surface area contributed by atoms with E-state index in [1.165, 1.54) is 96.3 Å². The van der Waals surface area contributed by atoms with E-state index in [0.717, 1.165) is 11.8 Å². The van der Waals surface area contributed by atoms with Crippen LogP contribution in [0.1, 0.15) is 103 Å². The molecule has 0 spiro atoms. The van der Waals surface area contributed by atoms with Gasteiger partial charge in [0.15, 0.2) is 0 Å². The Morgan fingerprint density at radius 3 is 2.41 bits per heavy atom. The van der Waals surface area contributed by atoms with E-state index in [1.807, 2.05) is 0 Å². The molecule has 1 aliphatic carbocycles. The highest BCUT2D eigenvalue weighted by Gasteiger charge is 2.24. The van der Waals surface area contributed by atoms with Gasteiger partial charge in [-0.05, 0) is 56.8 Å². The van der Waals surface area contributed by atoms with Gasteiger partial charge in [0.25, 0.3) is 0 Å². The van der Waals surface area contributed by atoms with E-state index in [-0.39, 0.29) is 0 Å². The Labute approximate surface area is 140 Å². The summed E-state index contributed by atoms with van der Waals surface area (Å²) in [4.78, 5) is 0. The minimum atomic E-state index is 0.909. The van der Waals surface area contributed by atoms with Gasteiger partial charge in [0.2, 0.25) is 0 Å². The zero-order valence-corrected chi connectivity index (χ0v) is 15.2. The lowest BCUT2D eigenvalue weighted by Gasteiger charge is -2.16. The second kappa shape index (κ2) is 14.1. The van der Waals surface area contributed by atoms with Crippen molar-refractivity contribution in [3.05, 3.63) is 24.8 Å². The van der Waals surface area contributed by atoms with E-state index < -0.39 is 0 Å². The highest BCUT2D eigenvalue weighted by atomic mass is 14.3. The Kier molecular flexibility index (Phi) is 12.5. The molecule has 0 aromatic carbocycles. The van der Waals surface area contributed by atoms with Crippen molar-refractivity contribution in [1.82, 2.24) is 0 Å². The largest absolute Gasteiger partial charge is 0.103 e. The molecule has 0 saturated heterocycles. The average Bonchev–Trinajstić information content (AvgIpc) is 2.97. The molecule has 22 heavy (non-hydrogen) atoms. The van der Waals surface area contributed by atoms with Crippen molar-refractivity contribution in [3.63, 3.8) is 0 Å². The van der Waals surface area contributed by atoms with Crippen molar-refractivity contribution in [3.8, 4) is 0 Å². The van der Waals surface area contributed by atoms with Crippen LogP contribution in [0.15, 0.2) is 24.8 Å². The molecule has 0 unspecified atom stereocenters. The van der Waals surface area contributed by atoms with Gasteiger partial charge in [-0.25, -0.2) is 0 Å². The summed E-state index contributed by atoms with van der Waals surface area (Å²) in [7, 11) is 0. The molecule has 0 aliphatic heterocycles. The molecule has 0 heteroatoms. The summed E-state index contributed by atoms with van der Waals surface area (Å²) in [5, 5.41) is 0. The van der Waals surface area contributed by atoms with Gasteiger partial charge >= 0.3 is 0 Å². The maximum absolute atomic E-state index is 3.79. The molecule has 1 rings (SSSR count). The molecule has 0 bridgehead atoms. The predicted octanol–water partition coefficient (Wildman–Crippen LogP) is 7.85. The van der Waals surface area contributed by atoms with Gasteiger partial charge in [-0.3, -0.25) is 0 Å². The molecule has 0 heterocycles. The first-order chi connectivity index (χ1) is 10.9. The molecule has 1 fully saturated rings. The van der Waals surface area contributed by atoms with Crippen molar-refractivity contribution in [2.75, 3.05) is 0 Å². The molecule has 0 N–H and O–H groups in total. The van der Waals surface area contributed by atoms with Crippen LogP contribution in [0.2, 0.25) is 0 Å². The van der Waals surface area contributed by atoms with Crippen LogP contribution in [0.5, 0.6) is 0 Å². The molecule has 0 amide bonds. The third-order valence-electron chi connectivity index (χ3n) is 5.31. The quantitative estimate of drug-likeness (QED) is 0.226. The van der Waals surface area contributed by atoms with Gasteiger partial charge in [-0.15, -0.1) is 6.58 Å². The average molecular weight is 305 g/mol. The fourth-order valence-electron chi connectivity index (χ4n) is 3.86. The van der Waals surface area contributed by atoms with Crippen LogP contribution in [0, 0.1) is 11.8 Å². The number of hydrogen-bond donors (Lipinski definition) is 0. The topological polar surface area (TPSA) is 0 Å². The molecule has 1 aliphatic rings. The van der Waals surface area contributed by atoms with Crippen LogP contribution in [0.4, 0.5) is 0 Å². The summed E-state index contributed by atoms with van der Waals surface area (Å²) in [6, 6.07) is 0. The lowest BCUT2D eigenvalue weighted by molar-refractivity contribution is 0.402. The Balaban J connectivity index is 2.04. The monoisotopic (exact) mass is 304 g/mol. The Morgan fingerprint density at radius 2 is 1.59 bits per heavy atom. The molecular formula is C22H40. The van der Waals surface area contributed by atoms with Crippen LogP contribution in [-0.2, 0) is 0 Å². The lowest BCUT2D eigenvalue weighted by atomic mass is 9.90. The fourth-order valence-corrected chi connectivity index (χ4v) is 3.86. The number of unbranched alkanes of at least 4 members (excludes halogenated alkanes) is 9. The van der Waals surface area contributed by atoms with E-state index in [1.54, 1.807) is 0 Å². The molecule has 0 nitrogen and oxygen atoms in total. The van der Waals surface area contributed by atoms with Crippen molar-refractivity contribution >= 4 is 0 Å². The predicted molar refractivity (Wildman–Crippen MR) is 101 cm³/mol. The van der Waals surface area contributed by atoms with Crippen LogP contribution in [-0.4, -0.2) is 0 Å². The fraction of sp³-hybridized carbons (Fsp3) is 0.818. The van der Waals surface area contributed by atoms with Crippen molar-refractivity contribution in [1.29, 1.82) is 0 Å². The maximum Gasteiger partial charge on any atom is -0.0205 e. The van der Waals surface area contributed by atoms with Gasteiger partial charge in [-0.2, -0.15) is 0 Å². The molecule has 2 atom stereocenters. The Morgan fingerprint density at radius 1 is 0.864 bits per heavy atom. The molecule has 1 saturated carbocycles. The van der Waals surface area contributed by atoms with Crippen molar-refractivity contribution in [2.24, 2.45) is 11.8 Å².